The lowest BCUT2D eigenvalue weighted by atomic mass is 10.1. The molecule has 0 aliphatic carbocycles. The van der Waals surface area contributed by atoms with Gasteiger partial charge in [-0.25, -0.2) is 9.37 Å². The normalized spacial score (nSPS) is 10.8. The highest BCUT2D eigenvalue weighted by Gasteiger charge is 2.13. The molecule has 0 aliphatic heterocycles. The predicted octanol–water partition coefficient (Wildman–Crippen LogP) is 4.94. The van der Waals surface area contributed by atoms with Gasteiger partial charge in [-0.05, 0) is 55.0 Å². The zero-order valence-electron chi connectivity index (χ0n) is 17.0. The van der Waals surface area contributed by atoms with E-state index < -0.39 is 0 Å². The number of thiazole rings is 1. The van der Waals surface area contributed by atoms with Crippen LogP contribution in [0.4, 0.5) is 9.52 Å². The van der Waals surface area contributed by atoms with Gasteiger partial charge in [0.25, 0.3) is 0 Å². The van der Waals surface area contributed by atoms with Gasteiger partial charge in [0.15, 0.2) is 16.6 Å². The molecule has 0 saturated carbocycles. The Kier molecular flexibility index (Phi) is 6.68. The third-order valence-electron chi connectivity index (χ3n) is 4.26. The van der Waals surface area contributed by atoms with Crippen LogP contribution in [0.5, 0.6) is 17.2 Å². The molecule has 0 saturated heterocycles. The Bertz CT molecular complexity index is 1050. The first-order valence-electron chi connectivity index (χ1n) is 8.97. The van der Waals surface area contributed by atoms with Crippen molar-refractivity contribution in [1.82, 2.24) is 4.98 Å². The zero-order chi connectivity index (χ0) is 21.7. The van der Waals surface area contributed by atoms with Gasteiger partial charge in [-0.3, -0.25) is 10.1 Å². The van der Waals surface area contributed by atoms with Crippen molar-refractivity contribution in [2.45, 2.75) is 6.92 Å². The number of amides is 1. The van der Waals surface area contributed by atoms with Crippen LogP contribution < -0.4 is 19.5 Å². The number of ether oxygens (including phenoxy) is 3. The van der Waals surface area contributed by atoms with Crippen molar-refractivity contribution in [3.63, 3.8) is 0 Å². The molecule has 3 aromatic rings. The Morgan fingerprint density at radius 1 is 1.07 bits per heavy atom. The molecule has 0 fully saturated rings. The summed E-state index contributed by atoms with van der Waals surface area (Å²) in [5.74, 6) is 0.834. The van der Waals surface area contributed by atoms with Gasteiger partial charge >= 0.3 is 0 Å². The first-order valence-corrected chi connectivity index (χ1v) is 9.79. The summed E-state index contributed by atoms with van der Waals surface area (Å²) in [7, 11) is 4.58. The lowest BCUT2D eigenvalue weighted by molar-refractivity contribution is -0.111. The molecule has 0 bridgehead atoms. The van der Waals surface area contributed by atoms with E-state index in [9.17, 15) is 9.18 Å². The number of carbonyl (C=O) groups excluding carboxylic acids is 1. The van der Waals surface area contributed by atoms with E-state index in [0.717, 1.165) is 10.4 Å². The molecule has 2 aromatic carbocycles. The highest BCUT2D eigenvalue weighted by molar-refractivity contribution is 7.16. The standard InChI is InChI=1S/C22H21FN2O4S/c1-13-20(15-6-8-16(23)9-7-15)25-22(30-13)24-19(26)10-5-14-11-17(27-2)21(29-4)18(12-14)28-3/h5-12H,1-4H3,(H,24,25,26). The van der Waals surface area contributed by atoms with Gasteiger partial charge in [0, 0.05) is 16.5 Å². The minimum atomic E-state index is -0.330. The van der Waals surface area contributed by atoms with Crippen LogP contribution in [0.25, 0.3) is 17.3 Å². The predicted molar refractivity (Wildman–Crippen MR) is 116 cm³/mol. The zero-order valence-corrected chi connectivity index (χ0v) is 17.8. The van der Waals surface area contributed by atoms with Crippen molar-refractivity contribution in [2.75, 3.05) is 26.6 Å². The Morgan fingerprint density at radius 2 is 1.70 bits per heavy atom. The number of benzene rings is 2. The lowest BCUT2D eigenvalue weighted by Crippen LogP contribution is -2.07. The number of nitrogens with zero attached hydrogens (tertiary/aromatic N) is 1. The fourth-order valence-corrected chi connectivity index (χ4v) is 3.68. The number of aryl methyl sites for hydroxylation is 1. The summed E-state index contributed by atoms with van der Waals surface area (Å²) >= 11 is 1.35. The van der Waals surface area contributed by atoms with Gasteiger partial charge in [0.1, 0.15) is 5.82 Å². The van der Waals surface area contributed by atoms with E-state index in [2.05, 4.69) is 10.3 Å². The number of hydrogen-bond acceptors (Lipinski definition) is 6. The van der Waals surface area contributed by atoms with Gasteiger partial charge in [-0.15, -0.1) is 11.3 Å². The van der Waals surface area contributed by atoms with Crippen LogP contribution in [0.3, 0.4) is 0 Å². The lowest BCUT2D eigenvalue weighted by Gasteiger charge is -2.12. The summed E-state index contributed by atoms with van der Waals surface area (Å²) in [5, 5.41) is 3.22. The maximum absolute atomic E-state index is 13.1. The van der Waals surface area contributed by atoms with E-state index in [-0.39, 0.29) is 11.7 Å². The molecule has 1 aromatic heterocycles. The van der Waals surface area contributed by atoms with Crippen molar-refractivity contribution < 1.29 is 23.4 Å². The highest BCUT2D eigenvalue weighted by atomic mass is 32.1. The third-order valence-corrected chi connectivity index (χ3v) is 5.14. The van der Waals surface area contributed by atoms with E-state index in [0.29, 0.717) is 33.6 Å². The third kappa shape index (κ3) is 4.77. The van der Waals surface area contributed by atoms with Crippen LogP contribution in [0.1, 0.15) is 10.4 Å². The number of halogens is 1. The largest absolute Gasteiger partial charge is 0.493 e. The van der Waals surface area contributed by atoms with E-state index in [4.69, 9.17) is 14.2 Å². The molecule has 1 heterocycles. The Morgan fingerprint density at radius 3 is 2.27 bits per heavy atom. The SMILES string of the molecule is COc1cc(C=CC(=O)Nc2nc(-c3ccc(F)cc3)c(C)s2)cc(OC)c1OC. The summed E-state index contributed by atoms with van der Waals surface area (Å²) < 4.78 is 29.1. The monoisotopic (exact) mass is 428 g/mol. The van der Waals surface area contributed by atoms with Crippen LogP contribution in [0.15, 0.2) is 42.5 Å². The Labute approximate surface area is 177 Å². The first kappa shape index (κ1) is 21.3. The van der Waals surface area contributed by atoms with Gasteiger partial charge in [0.05, 0.1) is 27.0 Å². The highest BCUT2D eigenvalue weighted by Crippen LogP contribution is 2.38. The average molecular weight is 428 g/mol. The molecule has 0 atom stereocenters. The van der Waals surface area contributed by atoms with Gasteiger partial charge in [0.2, 0.25) is 11.7 Å². The molecule has 30 heavy (non-hydrogen) atoms. The summed E-state index contributed by atoms with van der Waals surface area (Å²) in [6.45, 7) is 1.90. The smallest absolute Gasteiger partial charge is 0.250 e. The summed E-state index contributed by atoms with van der Waals surface area (Å²) in [6, 6.07) is 9.57. The maximum atomic E-state index is 13.1. The fraction of sp³-hybridized carbons (Fsp3) is 0.182. The molecule has 3 rings (SSSR count). The molecular weight excluding hydrogens is 407 g/mol. The number of nitrogens with one attached hydrogen (secondary N) is 1. The van der Waals surface area contributed by atoms with Gasteiger partial charge in [-0.1, -0.05) is 0 Å². The van der Waals surface area contributed by atoms with Crippen molar-refractivity contribution in [1.29, 1.82) is 0 Å². The molecule has 1 N–H and O–H groups in total. The van der Waals surface area contributed by atoms with Gasteiger partial charge in [-0.2, -0.15) is 0 Å². The maximum Gasteiger partial charge on any atom is 0.250 e. The molecule has 0 unspecified atom stereocenters. The number of hydrogen-bond donors (Lipinski definition) is 1. The van der Waals surface area contributed by atoms with Crippen LogP contribution in [-0.4, -0.2) is 32.2 Å². The number of rotatable bonds is 7. The number of aromatic nitrogens is 1. The molecule has 0 spiro atoms. The number of methoxy groups -OCH3 is 3. The van der Waals surface area contributed by atoms with Crippen LogP contribution in [0.2, 0.25) is 0 Å². The molecular formula is C22H21FN2O4S. The first-order chi connectivity index (χ1) is 14.4. The second-order valence-corrected chi connectivity index (χ2v) is 7.42. The van der Waals surface area contributed by atoms with Crippen LogP contribution in [-0.2, 0) is 4.79 Å². The van der Waals surface area contributed by atoms with E-state index in [1.165, 1.54) is 50.9 Å². The Balaban J connectivity index is 1.75. The van der Waals surface area contributed by atoms with E-state index in [1.54, 1.807) is 30.3 Å². The minimum absolute atomic E-state index is 0.308. The Hall–Kier alpha value is -3.39. The molecule has 6 nitrogen and oxygen atoms in total. The van der Waals surface area contributed by atoms with Crippen molar-refractivity contribution in [2.24, 2.45) is 0 Å². The van der Waals surface area contributed by atoms with Crippen molar-refractivity contribution in [3.05, 3.63) is 58.7 Å². The van der Waals surface area contributed by atoms with E-state index >= 15 is 0 Å². The molecule has 8 heteroatoms. The quantitative estimate of drug-likeness (QED) is 0.540. The van der Waals surface area contributed by atoms with Crippen molar-refractivity contribution >= 4 is 28.5 Å². The number of carbonyl (C=O) groups is 1. The second kappa shape index (κ2) is 9.41. The molecule has 0 radical (unpaired) electrons. The van der Waals surface area contributed by atoms with Crippen molar-refractivity contribution in [3.8, 4) is 28.5 Å². The topological polar surface area (TPSA) is 69.7 Å². The summed E-state index contributed by atoms with van der Waals surface area (Å²) in [6.07, 6.45) is 3.04. The van der Waals surface area contributed by atoms with Crippen LogP contribution in [0, 0.1) is 12.7 Å². The number of anilines is 1. The molecule has 1 amide bonds. The van der Waals surface area contributed by atoms with Gasteiger partial charge < -0.3 is 14.2 Å². The average Bonchev–Trinajstić information content (AvgIpc) is 3.11. The van der Waals surface area contributed by atoms with Crippen LogP contribution >= 0.6 is 11.3 Å². The molecule has 156 valence electrons. The van der Waals surface area contributed by atoms with E-state index in [1.807, 2.05) is 6.92 Å². The minimum Gasteiger partial charge on any atom is -0.493 e. The molecule has 0 aliphatic rings. The second-order valence-electron chi connectivity index (χ2n) is 6.21. The summed E-state index contributed by atoms with van der Waals surface area (Å²) in [4.78, 5) is 17.7. The fourth-order valence-electron chi connectivity index (χ4n) is 2.84. The summed E-state index contributed by atoms with van der Waals surface area (Å²) in [5.41, 5.74) is 2.21.